The van der Waals surface area contributed by atoms with E-state index in [9.17, 15) is 20.2 Å². The van der Waals surface area contributed by atoms with Crippen LogP contribution in [0.1, 0.15) is 12.0 Å². The Bertz CT molecular complexity index is 649. The van der Waals surface area contributed by atoms with E-state index in [1.165, 1.54) is 0 Å². The van der Waals surface area contributed by atoms with Gasteiger partial charge in [-0.25, -0.2) is 0 Å². The van der Waals surface area contributed by atoms with Crippen molar-refractivity contribution in [2.75, 3.05) is 13.1 Å². The predicted octanol–water partition coefficient (Wildman–Crippen LogP) is 0.704. The van der Waals surface area contributed by atoms with Crippen molar-refractivity contribution in [1.29, 1.82) is 5.26 Å². The first-order valence-corrected chi connectivity index (χ1v) is 6.90. The second-order valence-electron chi connectivity index (χ2n) is 5.08. The fraction of sp³-hybridized carbons (Fsp3) is 0.333. The molecule has 2 rings (SSSR count). The zero-order valence-electron chi connectivity index (χ0n) is 11.9. The minimum Gasteiger partial charge on any atom is -0.365 e. The molecule has 1 heterocycles. The Morgan fingerprint density at radius 1 is 1.41 bits per heavy atom. The molecule has 0 aliphatic carbocycles. The molecule has 1 aromatic carbocycles. The molecule has 0 aromatic heterocycles. The Morgan fingerprint density at radius 2 is 2.09 bits per heavy atom. The molecule has 0 radical (unpaired) electrons. The van der Waals surface area contributed by atoms with Gasteiger partial charge in [0.25, 0.3) is 5.91 Å². The highest BCUT2D eigenvalue weighted by atomic mass is 16.6. The number of hydrogen-bond donors (Lipinski definition) is 2. The third-order valence-corrected chi connectivity index (χ3v) is 3.80. The molecule has 3 N–H and O–H groups in total. The van der Waals surface area contributed by atoms with Gasteiger partial charge in [0.15, 0.2) is 0 Å². The predicted molar refractivity (Wildman–Crippen MR) is 79.9 cm³/mol. The summed E-state index contributed by atoms with van der Waals surface area (Å²) in [4.78, 5) is 22.6. The van der Waals surface area contributed by atoms with Crippen LogP contribution in [0.15, 0.2) is 35.9 Å². The van der Waals surface area contributed by atoms with Crippen LogP contribution in [0.2, 0.25) is 0 Å². The number of carbonyl (C=O) groups excluding carboxylic acids is 1. The van der Waals surface area contributed by atoms with Gasteiger partial charge in [0.05, 0.1) is 12.5 Å². The fourth-order valence-electron chi connectivity index (χ4n) is 2.81. The molecule has 2 atom stereocenters. The summed E-state index contributed by atoms with van der Waals surface area (Å²) in [7, 11) is 0. The van der Waals surface area contributed by atoms with E-state index in [1.54, 1.807) is 30.3 Å². The molecule has 1 aliphatic rings. The van der Waals surface area contributed by atoms with Crippen LogP contribution in [-0.2, 0) is 4.79 Å². The Kier molecular flexibility index (Phi) is 4.86. The second-order valence-corrected chi connectivity index (χ2v) is 5.08. The maximum atomic E-state index is 11.6. The van der Waals surface area contributed by atoms with Crippen molar-refractivity contribution < 1.29 is 9.72 Å². The largest absolute Gasteiger partial charge is 0.365 e. The van der Waals surface area contributed by atoms with Gasteiger partial charge in [-0.15, -0.1) is 0 Å². The average molecular weight is 300 g/mol. The van der Waals surface area contributed by atoms with E-state index in [0.29, 0.717) is 24.1 Å². The van der Waals surface area contributed by atoms with Crippen molar-refractivity contribution in [3.8, 4) is 6.07 Å². The molecular formula is C15H16N4O3. The SMILES string of the molecule is N#C/C(C(N)=O)=C(\c1ccccc1)C1CCNCC1[N+](=O)[O-]. The van der Waals surface area contributed by atoms with Gasteiger partial charge in [0, 0.05) is 4.92 Å². The monoisotopic (exact) mass is 300 g/mol. The normalized spacial score (nSPS) is 22.3. The van der Waals surface area contributed by atoms with Crippen LogP contribution in [-0.4, -0.2) is 30.0 Å². The summed E-state index contributed by atoms with van der Waals surface area (Å²) in [6.45, 7) is 0.786. The number of primary amides is 1. The van der Waals surface area contributed by atoms with E-state index >= 15 is 0 Å². The van der Waals surface area contributed by atoms with E-state index in [0.717, 1.165) is 0 Å². The Hall–Kier alpha value is -2.72. The Morgan fingerprint density at radius 3 is 2.64 bits per heavy atom. The zero-order chi connectivity index (χ0) is 16.1. The van der Waals surface area contributed by atoms with E-state index in [-0.39, 0.29) is 17.0 Å². The van der Waals surface area contributed by atoms with Crippen LogP contribution in [0.4, 0.5) is 0 Å². The highest BCUT2D eigenvalue weighted by Gasteiger charge is 2.39. The minimum absolute atomic E-state index is 0.200. The van der Waals surface area contributed by atoms with E-state index < -0.39 is 17.9 Å². The molecule has 0 spiro atoms. The molecular weight excluding hydrogens is 284 g/mol. The fourth-order valence-corrected chi connectivity index (χ4v) is 2.81. The molecule has 7 heteroatoms. The topological polar surface area (TPSA) is 122 Å². The lowest BCUT2D eigenvalue weighted by Crippen LogP contribution is -2.46. The van der Waals surface area contributed by atoms with Gasteiger partial charge in [-0.1, -0.05) is 30.3 Å². The number of nitrogens with two attached hydrogens (primary N) is 1. The van der Waals surface area contributed by atoms with E-state index in [1.807, 2.05) is 6.07 Å². The summed E-state index contributed by atoms with van der Waals surface area (Å²) in [5.74, 6) is -1.39. The molecule has 1 aliphatic heterocycles. The van der Waals surface area contributed by atoms with Crippen LogP contribution in [0.25, 0.3) is 5.57 Å². The highest BCUT2D eigenvalue weighted by molar-refractivity contribution is 6.04. The lowest BCUT2D eigenvalue weighted by Gasteiger charge is -2.29. The van der Waals surface area contributed by atoms with Gasteiger partial charge in [-0.3, -0.25) is 14.9 Å². The molecule has 0 bridgehead atoms. The summed E-state index contributed by atoms with van der Waals surface area (Å²) in [5, 5.41) is 23.6. The minimum atomic E-state index is -0.897. The molecule has 1 fully saturated rings. The van der Waals surface area contributed by atoms with Crippen molar-refractivity contribution in [1.82, 2.24) is 5.32 Å². The molecule has 1 saturated heterocycles. The highest BCUT2D eigenvalue weighted by Crippen LogP contribution is 2.34. The zero-order valence-corrected chi connectivity index (χ0v) is 11.9. The van der Waals surface area contributed by atoms with Crippen molar-refractivity contribution >= 4 is 11.5 Å². The van der Waals surface area contributed by atoms with Crippen LogP contribution < -0.4 is 11.1 Å². The van der Waals surface area contributed by atoms with Gasteiger partial charge in [0.1, 0.15) is 11.6 Å². The van der Waals surface area contributed by atoms with Crippen molar-refractivity contribution in [3.63, 3.8) is 0 Å². The molecule has 22 heavy (non-hydrogen) atoms. The third-order valence-electron chi connectivity index (χ3n) is 3.80. The number of amides is 1. The summed E-state index contributed by atoms with van der Waals surface area (Å²) >= 11 is 0. The number of benzene rings is 1. The number of hydrogen-bond acceptors (Lipinski definition) is 5. The molecule has 7 nitrogen and oxygen atoms in total. The summed E-state index contributed by atoms with van der Waals surface area (Å²) in [6, 6.07) is 9.70. The number of piperidine rings is 1. The van der Waals surface area contributed by atoms with Crippen LogP contribution in [0, 0.1) is 27.4 Å². The Labute approximate surface area is 127 Å². The van der Waals surface area contributed by atoms with Crippen molar-refractivity contribution in [2.45, 2.75) is 12.5 Å². The number of rotatable bonds is 4. The van der Waals surface area contributed by atoms with Crippen LogP contribution >= 0.6 is 0 Å². The number of nitriles is 1. The smallest absolute Gasteiger partial charge is 0.259 e. The molecule has 1 amide bonds. The van der Waals surface area contributed by atoms with E-state index in [2.05, 4.69) is 5.32 Å². The second kappa shape index (κ2) is 6.83. The lowest BCUT2D eigenvalue weighted by atomic mass is 9.80. The number of nitrogens with zero attached hydrogens (tertiary/aromatic N) is 2. The van der Waals surface area contributed by atoms with Gasteiger partial charge < -0.3 is 11.1 Å². The number of nitro groups is 1. The number of nitrogens with one attached hydrogen (secondary N) is 1. The average Bonchev–Trinajstić information content (AvgIpc) is 2.53. The first-order chi connectivity index (χ1) is 10.6. The van der Waals surface area contributed by atoms with Crippen LogP contribution in [0.5, 0.6) is 0 Å². The van der Waals surface area contributed by atoms with Crippen LogP contribution in [0.3, 0.4) is 0 Å². The maximum absolute atomic E-state index is 11.6. The summed E-state index contributed by atoms with van der Waals surface area (Å²) in [5.41, 5.74) is 6.10. The van der Waals surface area contributed by atoms with Gasteiger partial charge in [-0.2, -0.15) is 5.26 Å². The molecule has 2 unspecified atom stereocenters. The Balaban J connectivity index is 2.61. The van der Waals surface area contributed by atoms with Crippen molar-refractivity contribution in [2.24, 2.45) is 11.7 Å². The maximum Gasteiger partial charge on any atom is 0.259 e. The van der Waals surface area contributed by atoms with Gasteiger partial charge >= 0.3 is 0 Å². The molecule has 1 aromatic rings. The number of carbonyl (C=O) groups is 1. The van der Waals surface area contributed by atoms with E-state index in [4.69, 9.17) is 5.73 Å². The van der Waals surface area contributed by atoms with Gasteiger partial charge in [-0.05, 0) is 24.1 Å². The van der Waals surface area contributed by atoms with Gasteiger partial charge in [0.2, 0.25) is 6.04 Å². The van der Waals surface area contributed by atoms with Crippen molar-refractivity contribution in [3.05, 3.63) is 51.6 Å². The third kappa shape index (κ3) is 3.13. The quantitative estimate of drug-likeness (QED) is 0.367. The molecule has 0 saturated carbocycles. The lowest BCUT2D eigenvalue weighted by molar-refractivity contribution is -0.528. The first-order valence-electron chi connectivity index (χ1n) is 6.90. The summed E-state index contributed by atoms with van der Waals surface area (Å²) in [6.07, 6.45) is 0.467. The molecule has 114 valence electrons. The summed E-state index contributed by atoms with van der Waals surface area (Å²) < 4.78 is 0. The first kappa shape index (κ1) is 15.7. The standard InChI is InChI=1S/C15H16N4O3/c16-8-12(15(17)20)14(10-4-2-1-3-5-10)11-6-7-18-9-13(11)19(21)22/h1-5,11,13,18H,6-7,9H2,(H2,17,20)/b14-12-.